The smallest absolute Gasteiger partial charge is 0.226 e. The number of hydrogen-bond acceptors (Lipinski definition) is 2. The van der Waals surface area contributed by atoms with Crippen LogP contribution >= 0.6 is 0 Å². The lowest BCUT2D eigenvalue weighted by molar-refractivity contribution is 1.38. The van der Waals surface area contributed by atoms with E-state index in [2.05, 4.69) is 9.69 Å². The van der Waals surface area contributed by atoms with Gasteiger partial charge in [-0.2, -0.15) is 0 Å². The van der Waals surface area contributed by atoms with Crippen molar-refractivity contribution >= 4 is 0 Å². The van der Waals surface area contributed by atoms with Crippen molar-refractivity contribution in [1.82, 2.24) is 0 Å². The first-order valence-electron chi connectivity index (χ1n) is 4.25. The summed E-state index contributed by atoms with van der Waals surface area (Å²) in [6.07, 6.45) is 3.10. The predicted octanol–water partition coefficient (Wildman–Crippen LogP) is 2.98. The van der Waals surface area contributed by atoms with Crippen molar-refractivity contribution < 1.29 is 0 Å². The van der Waals surface area contributed by atoms with Crippen molar-refractivity contribution in [2.75, 3.05) is 0 Å². The molecule has 0 aromatic heterocycles. The van der Waals surface area contributed by atoms with Crippen LogP contribution in [0.25, 0.3) is 9.69 Å². The zero-order valence-electron chi connectivity index (χ0n) is 8.94. The van der Waals surface area contributed by atoms with E-state index in [1.54, 1.807) is 38.1 Å². The number of nitrogens with zero attached hydrogens (tertiary/aromatic N) is 4. The van der Waals surface area contributed by atoms with Crippen LogP contribution in [0.15, 0.2) is 34.7 Å². The maximum absolute atomic E-state index is 8.59. The molecule has 0 spiro atoms. The first kappa shape index (κ1) is 13.2. The fraction of sp³-hybridized carbons (Fsp3) is 0.167. The largest absolute Gasteiger partial charge is 0.264 e. The van der Waals surface area contributed by atoms with Gasteiger partial charge in [-0.25, -0.2) is 20.2 Å². The molecule has 0 fully saturated rings. The Bertz CT molecular complexity index is 452. The number of nitriles is 2. The van der Waals surface area contributed by atoms with Gasteiger partial charge in [0.15, 0.2) is 0 Å². The van der Waals surface area contributed by atoms with Crippen LogP contribution in [-0.4, -0.2) is 0 Å². The van der Waals surface area contributed by atoms with E-state index in [-0.39, 0.29) is 11.4 Å². The van der Waals surface area contributed by atoms with Gasteiger partial charge in [-0.05, 0) is 25.0 Å². The molecule has 4 nitrogen and oxygen atoms in total. The Kier molecular flexibility index (Phi) is 5.44. The number of allylic oxidation sites excluding steroid dienone is 6. The van der Waals surface area contributed by atoms with E-state index < -0.39 is 0 Å². The van der Waals surface area contributed by atoms with E-state index >= 15 is 0 Å². The third-order valence-corrected chi connectivity index (χ3v) is 1.77. The predicted molar refractivity (Wildman–Crippen MR) is 59.0 cm³/mol. The lowest BCUT2D eigenvalue weighted by Crippen LogP contribution is -1.79. The summed E-state index contributed by atoms with van der Waals surface area (Å²) < 4.78 is 0. The molecule has 0 aromatic carbocycles. The average Bonchev–Trinajstić information content (AvgIpc) is 2.29. The summed E-state index contributed by atoms with van der Waals surface area (Å²) in [5, 5.41) is 17.2. The third-order valence-electron chi connectivity index (χ3n) is 1.77. The summed E-state index contributed by atoms with van der Waals surface area (Å²) in [7, 11) is 0. The molecule has 0 radical (unpaired) electrons. The van der Waals surface area contributed by atoms with Gasteiger partial charge in [-0.15, -0.1) is 0 Å². The van der Waals surface area contributed by atoms with Crippen LogP contribution in [0.5, 0.6) is 0 Å². The first-order valence-corrected chi connectivity index (χ1v) is 4.25. The Labute approximate surface area is 94.7 Å². The van der Waals surface area contributed by atoms with Gasteiger partial charge in [-0.3, -0.25) is 0 Å². The highest BCUT2D eigenvalue weighted by atomic mass is 14.7. The zero-order chi connectivity index (χ0) is 12.6. The average molecular weight is 208 g/mol. The van der Waals surface area contributed by atoms with Crippen molar-refractivity contribution in [2.24, 2.45) is 0 Å². The van der Waals surface area contributed by atoms with Gasteiger partial charge in [0.05, 0.1) is 25.3 Å². The van der Waals surface area contributed by atoms with Gasteiger partial charge in [0, 0.05) is 0 Å². The van der Waals surface area contributed by atoms with Gasteiger partial charge in [0.25, 0.3) is 11.4 Å². The highest BCUT2D eigenvalue weighted by molar-refractivity contribution is 5.43. The summed E-state index contributed by atoms with van der Waals surface area (Å²) in [5.41, 5.74) is 1.04. The first-order chi connectivity index (χ1) is 7.60. The van der Waals surface area contributed by atoms with Crippen LogP contribution < -0.4 is 0 Å². The Hall–Kier alpha value is -2.82. The fourth-order valence-electron chi connectivity index (χ4n) is 0.811. The summed E-state index contributed by atoms with van der Waals surface area (Å²) >= 11 is 0. The van der Waals surface area contributed by atoms with Crippen LogP contribution in [-0.2, 0) is 0 Å². The number of hydrogen-bond donors (Lipinski definition) is 0. The maximum Gasteiger partial charge on any atom is 0.264 e. The molecule has 0 saturated carbocycles. The highest BCUT2D eigenvalue weighted by Gasteiger charge is 1.99. The molecule has 16 heavy (non-hydrogen) atoms. The SMILES string of the molecule is [C-]#[N+]C(C#N)=C(C)C=CC(C)=C(C#N)[N+]#[C-]. The second-order valence-electron chi connectivity index (χ2n) is 2.84. The minimum atomic E-state index is 0.00497. The molecule has 76 valence electrons. The second kappa shape index (κ2) is 6.61. The molecule has 0 aliphatic rings. The van der Waals surface area contributed by atoms with E-state index in [9.17, 15) is 0 Å². The normalized spacial score (nSPS) is 12.6. The van der Waals surface area contributed by atoms with E-state index in [1.165, 1.54) is 0 Å². The van der Waals surface area contributed by atoms with Crippen LogP contribution in [0.1, 0.15) is 13.8 Å². The quantitative estimate of drug-likeness (QED) is 0.398. The topological polar surface area (TPSA) is 56.3 Å². The minimum Gasteiger partial charge on any atom is -0.226 e. The Morgan fingerprint density at radius 2 is 1.25 bits per heavy atom. The molecule has 0 aliphatic carbocycles. The summed E-state index contributed by atoms with van der Waals surface area (Å²) in [6.45, 7) is 16.7. The molecule has 0 aromatic rings. The van der Waals surface area contributed by atoms with Crippen molar-refractivity contribution in [2.45, 2.75) is 13.8 Å². The van der Waals surface area contributed by atoms with Crippen LogP contribution in [0, 0.1) is 35.8 Å². The number of rotatable bonds is 2. The van der Waals surface area contributed by atoms with E-state index in [4.69, 9.17) is 23.7 Å². The molecule has 0 atom stereocenters. The monoisotopic (exact) mass is 208 g/mol. The third kappa shape index (κ3) is 3.51. The standard InChI is InChI=1S/C12H8N4/c1-9(11(7-13)15-3)5-6-10(2)12(8-14)16-4/h5-6H,1-2H3. The molecule has 0 unspecified atom stereocenters. The van der Waals surface area contributed by atoms with E-state index in [0.717, 1.165) is 0 Å². The molecular weight excluding hydrogens is 200 g/mol. The van der Waals surface area contributed by atoms with E-state index in [1.807, 2.05) is 0 Å². The molecule has 0 heterocycles. The lowest BCUT2D eigenvalue weighted by Gasteiger charge is -1.93. The van der Waals surface area contributed by atoms with Gasteiger partial charge >= 0.3 is 0 Å². The lowest BCUT2D eigenvalue weighted by atomic mass is 10.1. The zero-order valence-corrected chi connectivity index (χ0v) is 8.94. The molecule has 0 bridgehead atoms. The minimum absolute atomic E-state index is 0.00497. The summed E-state index contributed by atoms with van der Waals surface area (Å²) in [5.74, 6) is 0. The van der Waals surface area contributed by atoms with Crippen molar-refractivity contribution in [3.63, 3.8) is 0 Å². The van der Waals surface area contributed by atoms with Gasteiger partial charge < -0.3 is 0 Å². The molecule has 0 saturated heterocycles. The maximum atomic E-state index is 8.59. The molecule has 4 heteroatoms. The summed E-state index contributed by atoms with van der Waals surface area (Å²) in [6, 6.07) is 3.53. The molecule has 0 N–H and O–H groups in total. The Morgan fingerprint density at radius 3 is 1.44 bits per heavy atom. The van der Waals surface area contributed by atoms with Crippen LogP contribution in [0.2, 0.25) is 0 Å². The van der Waals surface area contributed by atoms with Crippen LogP contribution in [0.3, 0.4) is 0 Å². The second-order valence-corrected chi connectivity index (χ2v) is 2.84. The summed E-state index contributed by atoms with van der Waals surface area (Å²) in [4.78, 5) is 6.09. The van der Waals surface area contributed by atoms with Crippen molar-refractivity contribution in [3.05, 3.63) is 57.5 Å². The van der Waals surface area contributed by atoms with Gasteiger partial charge in [0.2, 0.25) is 0 Å². The van der Waals surface area contributed by atoms with E-state index in [0.29, 0.717) is 11.1 Å². The van der Waals surface area contributed by atoms with Crippen LogP contribution in [0.4, 0.5) is 0 Å². The fourth-order valence-corrected chi connectivity index (χ4v) is 0.811. The van der Waals surface area contributed by atoms with Gasteiger partial charge in [0.1, 0.15) is 0 Å². The molecule has 0 rings (SSSR count). The molecule has 0 amide bonds. The highest BCUT2D eigenvalue weighted by Crippen LogP contribution is 2.10. The van der Waals surface area contributed by atoms with Crippen molar-refractivity contribution in [3.8, 4) is 12.1 Å². The molecule has 0 aliphatic heterocycles. The Balaban J connectivity index is 5.24. The van der Waals surface area contributed by atoms with Gasteiger partial charge in [-0.1, -0.05) is 12.2 Å². The molecular formula is C12H8N4. The van der Waals surface area contributed by atoms with Crippen molar-refractivity contribution in [1.29, 1.82) is 10.5 Å². The Morgan fingerprint density at radius 1 is 0.938 bits per heavy atom.